The van der Waals surface area contributed by atoms with Gasteiger partial charge >= 0.3 is 0 Å². The van der Waals surface area contributed by atoms with Crippen LogP contribution in [0.5, 0.6) is 0 Å². The van der Waals surface area contributed by atoms with Crippen molar-refractivity contribution < 1.29 is 4.39 Å². The van der Waals surface area contributed by atoms with Gasteiger partial charge in [-0.25, -0.2) is 4.39 Å². The molecule has 2 aromatic rings. The molecule has 0 atom stereocenters. The predicted octanol–water partition coefficient (Wildman–Crippen LogP) is 2.90. The van der Waals surface area contributed by atoms with Gasteiger partial charge in [-0.3, -0.25) is 4.98 Å². The molecule has 2 nitrogen and oxygen atoms in total. The quantitative estimate of drug-likeness (QED) is 0.883. The van der Waals surface area contributed by atoms with Crippen LogP contribution in [0, 0.1) is 11.2 Å². The summed E-state index contributed by atoms with van der Waals surface area (Å²) in [5.74, 6) is -0.258. The highest BCUT2D eigenvalue weighted by Gasteiger charge is 2.17. The second-order valence-electron chi connectivity index (χ2n) is 5.20. The average Bonchev–Trinajstić information content (AvgIpc) is 2.28. The van der Waals surface area contributed by atoms with Crippen molar-refractivity contribution in [2.75, 3.05) is 6.54 Å². The van der Waals surface area contributed by atoms with Gasteiger partial charge < -0.3 is 5.73 Å². The molecule has 0 saturated carbocycles. The molecule has 0 radical (unpaired) electrons. The molecule has 2 N–H and O–H groups in total. The monoisotopic (exact) mass is 232 g/mol. The van der Waals surface area contributed by atoms with E-state index in [9.17, 15) is 4.39 Å². The second kappa shape index (κ2) is 4.41. The summed E-state index contributed by atoms with van der Waals surface area (Å²) in [7, 11) is 0. The van der Waals surface area contributed by atoms with Crippen molar-refractivity contribution >= 4 is 10.9 Å². The number of halogens is 1. The van der Waals surface area contributed by atoms with E-state index in [1.165, 1.54) is 0 Å². The van der Waals surface area contributed by atoms with Gasteiger partial charge in [0, 0.05) is 11.6 Å². The van der Waals surface area contributed by atoms with Gasteiger partial charge in [0.25, 0.3) is 0 Å². The molecule has 3 heteroatoms. The normalized spacial score (nSPS) is 12.0. The molecule has 90 valence electrons. The van der Waals surface area contributed by atoms with Crippen molar-refractivity contribution in [3.05, 3.63) is 41.8 Å². The van der Waals surface area contributed by atoms with E-state index in [1.807, 2.05) is 18.2 Å². The summed E-state index contributed by atoms with van der Waals surface area (Å²) in [5.41, 5.74) is 7.09. The third-order valence-corrected chi connectivity index (χ3v) is 2.95. The minimum atomic E-state index is -0.258. The van der Waals surface area contributed by atoms with Crippen molar-refractivity contribution in [1.29, 1.82) is 0 Å². The van der Waals surface area contributed by atoms with Crippen LogP contribution in [-0.4, -0.2) is 11.5 Å². The fourth-order valence-electron chi connectivity index (χ4n) is 1.93. The Hall–Kier alpha value is -1.48. The van der Waals surface area contributed by atoms with E-state index < -0.39 is 0 Å². The Balaban J connectivity index is 2.43. The Morgan fingerprint density at radius 1 is 1.35 bits per heavy atom. The lowest BCUT2D eigenvalue weighted by Gasteiger charge is -2.22. The zero-order valence-electron chi connectivity index (χ0n) is 10.2. The molecule has 0 aliphatic heterocycles. The molecule has 2 rings (SSSR count). The molecule has 0 spiro atoms. The van der Waals surface area contributed by atoms with Gasteiger partial charge in [-0.2, -0.15) is 0 Å². The standard InChI is InChI=1S/C14H17FN2/c1-14(2,9-16)8-10-6-11-4-3-5-17-13(11)12(15)7-10/h3-7H,8-9,16H2,1-2H3. The van der Waals surface area contributed by atoms with Crippen LogP contribution in [0.3, 0.4) is 0 Å². The smallest absolute Gasteiger partial charge is 0.149 e. The molecule has 1 heterocycles. The van der Waals surface area contributed by atoms with E-state index in [-0.39, 0.29) is 11.2 Å². The molecule has 0 aliphatic rings. The van der Waals surface area contributed by atoms with Crippen LogP contribution in [0.15, 0.2) is 30.5 Å². The fourth-order valence-corrected chi connectivity index (χ4v) is 1.93. The van der Waals surface area contributed by atoms with E-state index in [1.54, 1.807) is 12.3 Å². The summed E-state index contributed by atoms with van der Waals surface area (Å²) < 4.78 is 13.8. The van der Waals surface area contributed by atoms with Gasteiger partial charge in [0.2, 0.25) is 0 Å². The molecule has 0 aliphatic carbocycles. The topological polar surface area (TPSA) is 38.9 Å². The van der Waals surface area contributed by atoms with Gasteiger partial charge in [0.05, 0.1) is 0 Å². The molecular formula is C14H17FN2. The molecule has 17 heavy (non-hydrogen) atoms. The van der Waals surface area contributed by atoms with E-state index in [2.05, 4.69) is 18.8 Å². The summed E-state index contributed by atoms with van der Waals surface area (Å²) in [6.45, 7) is 4.75. The van der Waals surface area contributed by atoms with Gasteiger partial charge in [0.1, 0.15) is 11.3 Å². The number of rotatable bonds is 3. The largest absolute Gasteiger partial charge is 0.330 e. The van der Waals surface area contributed by atoms with E-state index in [0.717, 1.165) is 17.4 Å². The lowest BCUT2D eigenvalue weighted by molar-refractivity contribution is 0.376. The lowest BCUT2D eigenvalue weighted by Crippen LogP contribution is -2.25. The van der Waals surface area contributed by atoms with Crippen molar-refractivity contribution in [1.82, 2.24) is 4.98 Å². The first-order valence-electron chi connectivity index (χ1n) is 5.75. The maximum atomic E-state index is 13.8. The maximum absolute atomic E-state index is 13.8. The number of hydrogen-bond donors (Lipinski definition) is 1. The first-order valence-corrected chi connectivity index (χ1v) is 5.75. The van der Waals surface area contributed by atoms with Gasteiger partial charge in [-0.1, -0.05) is 19.9 Å². The SMILES string of the molecule is CC(C)(CN)Cc1cc(F)c2ncccc2c1. The number of aromatic nitrogens is 1. The molecule has 1 aromatic carbocycles. The second-order valence-corrected chi connectivity index (χ2v) is 5.20. The Bertz CT molecular complexity index is 535. The average molecular weight is 232 g/mol. The highest BCUT2D eigenvalue weighted by atomic mass is 19.1. The minimum Gasteiger partial charge on any atom is -0.330 e. The highest BCUT2D eigenvalue weighted by Crippen LogP contribution is 2.24. The Morgan fingerprint density at radius 3 is 2.82 bits per heavy atom. The van der Waals surface area contributed by atoms with Crippen LogP contribution in [-0.2, 0) is 6.42 Å². The van der Waals surface area contributed by atoms with Gasteiger partial charge in [-0.15, -0.1) is 0 Å². The number of hydrogen-bond acceptors (Lipinski definition) is 2. The summed E-state index contributed by atoms with van der Waals surface area (Å²) in [4.78, 5) is 4.04. The van der Waals surface area contributed by atoms with Crippen molar-refractivity contribution in [2.24, 2.45) is 11.1 Å². The predicted molar refractivity (Wildman–Crippen MR) is 68.2 cm³/mol. The number of benzene rings is 1. The third kappa shape index (κ3) is 2.61. The summed E-state index contributed by atoms with van der Waals surface area (Å²) in [5, 5.41) is 0.843. The molecule has 0 saturated heterocycles. The zero-order chi connectivity index (χ0) is 12.5. The highest BCUT2D eigenvalue weighted by molar-refractivity contribution is 5.79. The molecule has 0 unspecified atom stereocenters. The van der Waals surface area contributed by atoms with Crippen LogP contribution in [0.1, 0.15) is 19.4 Å². The Morgan fingerprint density at radius 2 is 2.12 bits per heavy atom. The Labute approximate surface area is 101 Å². The molecule has 0 amide bonds. The van der Waals surface area contributed by atoms with Crippen molar-refractivity contribution in [2.45, 2.75) is 20.3 Å². The number of nitrogens with zero attached hydrogens (tertiary/aromatic N) is 1. The lowest BCUT2D eigenvalue weighted by atomic mass is 9.85. The van der Waals surface area contributed by atoms with Crippen LogP contribution >= 0.6 is 0 Å². The van der Waals surface area contributed by atoms with E-state index in [0.29, 0.717) is 12.1 Å². The van der Waals surface area contributed by atoms with Gasteiger partial charge in [0.15, 0.2) is 0 Å². The molecule has 0 fully saturated rings. The first kappa shape index (κ1) is 12.0. The van der Waals surface area contributed by atoms with Crippen molar-refractivity contribution in [3.8, 4) is 0 Å². The maximum Gasteiger partial charge on any atom is 0.149 e. The first-order chi connectivity index (χ1) is 8.02. The van der Waals surface area contributed by atoms with Crippen LogP contribution in [0.2, 0.25) is 0 Å². The van der Waals surface area contributed by atoms with Gasteiger partial charge in [-0.05, 0) is 42.1 Å². The molecule has 1 aromatic heterocycles. The van der Waals surface area contributed by atoms with Crippen LogP contribution in [0.4, 0.5) is 4.39 Å². The molecular weight excluding hydrogens is 215 g/mol. The number of nitrogens with two attached hydrogens (primary N) is 1. The fraction of sp³-hybridized carbons (Fsp3) is 0.357. The number of pyridine rings is 1. The van der Waals surface area contributed by atoms with Crippen molar-refractivity contribution in [3.63, 3.8) is 0 Å². The van der Waals surface area contributed by atoms with Crippen LogP contribution in [0.25, 0.3) is 10.9 Å². The molecule has 0 bridgehead atoms. The number of fused-ring (bicyclic) bond motifs is 1. The zero-order valence-corrected chi connectivity index (χ0v) is 10.2. The summed E-state index contributed by atoms with van der Waals surface area (Å²) >= 11 is 0. The third-order valence-electron chi connectivity index (χ3n) is 2.95. The summed E-state index contributed by atoms with van der Waals surface area (Å²) in [6.07, 6.45) is 2.38. The van der Waals surface area contributed by atoms with E-state index in [4.69, 9.17) is 5.73 Å². The van der Waals surface area contributed by atoms with E-state index >= 15 is 0 Å². The summed E-state index contributed by atoms with van der Waals surface area (Å²) in [6, 6.07) is 7.25. The van der Waals surface area contributed by atoms with Crippen LogP contribution < -0.4 is 5.73 Å². The Kier molecular flexibility index (Phi) is 3.11. The minimum absolute atomic E-state index is 0.0116.